The van der Waals surface area contributed by atoms with Crippen molar-refractivity contribution in [1.29, 1.82) is 0 Å². The topological polar surface area (TPSA) is 57.7 Å². The maximum Gasteiger partial charge on any atom is 0.232 e. The summed E-state index contributed by atoms with van der Waals surface area (Å²) in [7, 11) is -3.27. The van der Waals surface area contributed by atoms with E-state index in [0.717, 1.165) is 24.1 Å². The maximum atomic E-state index is 12.1. The molecule has 1 fully saturated rings. The summed E-state index contributed by atoms with van der Waals surface area (Å²) in [5.74, 6) is 0.0936. The standard InChI is InChI=1S/C15H20N2O3S/c1-12(18)16-9-7-15(8-10-16)11-17(21(2,19)20)14-6-4-3-5-13(14)15/h3-6H,7-11H2,1-2H3. The van der Waals surface area contributed by atoms with Gasteiger partial charge in [0.25, 0.3) is 0 Å². The Morgan fingerprint density at radius 2 is 1.81 bits per heavy atom. The monoisotopic (exact) mass is 308 g/mol. The van der Waals surface area contributed by atoms with Gasteiger partial charge in [0.05, 0.1) is 11.9 Å². The molecule has 0 aliphatic carbocycles. The van der Waals surface area contributed by atoms with Gasteiger partial charge in [-0.1, -0.05) is 18.2 Å². The number of hydrogen-bond acceptors (Lipinski definition) is 3. The quantitative estimate of drug-likeness (QED) is 0.787. The van der Waals surface area contributed by atoms with Gasteiger partial charge >= 0.3 is 0 Å². The minimum absolute atomic E-state index is 0.0936. The lowest BCUT2D eigenvalue weighted by molar-refractivity contribution is -0.130. The number of fused-ring (bicyclic) bond motifs is 2. The molecule has 0 atom stereocenters. The van der Waals surface area contributed by atoms with Crippen molar-refractivity contribution < 1.29 is 13.2 Å². The Morgan fingerprint density at radius 1 is 1.19 bits per heavy atom. The summed E-state index contributed by atoms with van der Waals surface area (Å²) in [5, 5.41) is 0. The Balaban J connectivity index is 1.98. The van der Waals surface area contributed by atoms with Crippen LogP contribution in [0.5, 0.6) is 0 Å². The Labute approximate surface area is 125 Å². The Hall–Kier alpha value is -1.56. The van der Waals surface area contributed by atoms with E-state index in [1.165, 1.54) is 10.6 Å². The highest BCUT2D eigenvalue weighted by molar-refractivity contribution is 7.92. The van der Waals surface area contributed by atoms with Crippen LogP contribution in [0.1, 0.15) is 25.3 Å². The molecule has 1 aromatic rings. The zero-order valence-corrected chi connectivity index (χ0v) is 13.2. The molecule has 1 spiro atoms. The van der Waals surface area contributed by atoms with Crippen molar-refractivity contribution in [2.24, 2.45) is 0 Å². The molecule has 0 unspecified atom stereocenters. The van der Waals surface area contributed by atoms with Crippen molar-refractivity contribution in [2.45, 2.75) is 25.2 Å². The Bertz CT molecular complexity index is 676. The van der Waals surface area contributed by atoms with Gasteiger partial charge in [0.2, 0.25) is 15.9 Å². The van der Waals surface area contributed by atoms with Crippen molar-refractivity contribution in [3.63, 3.8) is 0 Å². The van der Waals surface area contributed by atoms with Crippen LogP contribution in [0, 0.1) is 0 Å². The number of para-hydroxylation sites is 1. The molecule has 114 valence electrons. The summed E-state index contributed by atoms with van der Waals surface area (Å²) in [5.41, 5.74) is 1.76. The zero-order valence-electron chi connectivity index (χ0n) is 12.4. The highest BCUT2D eigenvalue weighted by Crippen LogP contribution is 2.47. The molecule has 2 aliphatic heterocycles. The van der Waals surface area contributed by atoms with Gasteiger partial charge in [-0.2, -0.15) is 0 Å². The van der Waals surface area contributed by atoms with Crippen LogP contribution in [-0.2, 0) is 20.2 Å². The molecule has 0 saturated carbocycles. The number of piperidine rings is 1. The summed E-state index contributed by atoms with van der Waals surface area (Å²) < 4.78 is 25.6. The normalized spacial score (nSPS) is 20.7. The molecule has 1 aromatic carbocycles. The third kappa shape index (κ3) is 2.31. The van der Waals surface area contributed by atoms with E-state index in [2.05, 4.69) is 0 Å². The molecule has 5 nitrogen and oxygen atoms in total. The Morgan fingerprint density at radius 3 is 2.38 bits per heavy atom. The third-order valence-corrected chi connectivity index (χ3v) is 5.88. The first kappa shape index (κ1) is 14.4. The van der Waals surface area contributed by atoms with Gasteiger partial charge in [0, 0.05) is 32.0 Å². The molecular formula is C15H20N2O3S. The fourth-order valence-electron chi connectivity index (χ4n) is 3.56. The average Bonchev–Trinajstić information content (AvgIpc) is 2.75. The van der Waals surface area contributed by atoms with E-state index < -0.39 is 10.0 Å². The number of anilines is 1. The SMILES string of the molecule is CC(=O)N1CCC2(CC1)CN(S(C)(=O)=O)c1ccccc12. The highest BCUT2D eigenvalue weighted by atomic mass is 32.2. The molecule has 0 aromatic heterocycles. The van der Waals surface area contributed by atoms with Gasteiger partial charge in [0.15, 0.2) is 0 Å². The molecule has 0 bridgehead atoms. The van der Waals surface area contributed by atoms with Crippen LogP contribution in [0.15, 0.2) is 24.3 Å². The molecule has 2 aliphatic rings. The van der Waals surface area contributed by atoms with Crippen molar-refractivity contribution in [2.75, 3.05) is 30.2 Å². The van der Waals surface area contributed by atoms with Crippen LogP contribution in [0.25, 0.3) is 0 Å². The van der Waals surface area contributed by atoms with Crippen LogP contribution >= 0.6 is 0 Å². The van der Waals surface area contributed by atoms with Gasteiger partial charge in [-0.25, -0.2) is 8.42 Å². The van der Waals surface area contributed by atoms with E-state index in [9.17, 15) is 13.2 Å². The summed E-state index contributed by atoms with van der Waals surface area (Å²) in [6.07, 6.45) is 2.89. The highest BCUT2D eigenvalue weighted by Gasteiger charge is 2.47. The van der Waals surface area contributed by atoms with E-state index in [1.54, 1.807) is 6.92 Å². The van der Waals surface area contributed by atoms with E-state index in [4.69, 9.17) is 0 Å². The van der Waals surface area contributed by atoms with E-state index in [-0.39, 0.29) is 11.3 Å². The molecule has 21 heavy (non-hydrogen) atoms. The molecule has 6 heteroatoms. The van der Waals surface area contributed by atoms with Gasteiger partial charge in [-0.15, -0.1) is 0 Å². The first-order valence-corrected chi connectivity index (χ1v) is 9.01. The van der Waals surface area contributed by atoms with Crippen molar-refractivity contribution in [1.82, 2.24) is 4.90 Å². The zero-order chi connectivity index (χ0) is 15.3. The fraction of sp³-hybridized carbons (Fsp3) is 0.533. The molecule has 1 saturated heterocycles. The lowest BCUT2D eigenvalue weighted by Crippen LogP contribution is -2.47. The number of benzene rings is 1. The summed E-state index contributed by atoms with van der Waals surface area (Å²) in [4.78, 5) is 13.3. The number of amides is 1. The van der Waals surface area contributed by atoms with Crippen molar-refractivity contribution in [3.8, 4) is 0 Å². The van der Waals surface area contributed by atoms with Crippen LogP contribution in [0.4, 0.5) is 5.69 Å². The van der Waals surface area contributed by atoms with Gasteiger partial charge in [-0.05, 0) is 24.5 Å². The van der Waals surface area contributed by atoms with E-state index in [1.807, 2.05) is 29.2 Å². The van der Waals surface area contributed by atoms with Crippen LogP contribution in [0.2, 0.25) is 0 Å². The average molecular weight is 308 g/mol. The third-order valence-electron chi connectivity index (χ3n) is 4.76. The Kier molecular flexibility index (Phi) is 3.24. The smallest absolute Gasteiger partial charge is 0.232 e. The largest absolute Gasteiger partial charge is 0.343 e. The molecular weight excluding hydrogens is 288 g/mol. The number of rotatable bonds is 1. The predicted octanol–water partition coefficient (Wildman–Crippen LogP) is 1.35. The molecule has 1 amide bonds. The van der Waals surface area contributed by atoms with Crippen molar-refractivity contribution in [3.05, 3.63) is 29.8 Å². The maximum absolute atomic E-state index is 12.1. The number of likely N-dealkylation sites (tertiary alicyclic amines) is 1. The molecule has 2 heterocycles. The van der Waals surface area contributed by atoms with Crippen LogP contribution < -0.4 is 4.31 Å². The summed E-state index contributed by atoms with van der Waals surface area (Å²) in [6, 6.07) is 7.75. The second kappa shape index (κ2) is 4.73. The predicted molar refractivity (Wildman–Crippen MR) is 81.8 cm³/mol. The van der Waals surface area contributed by atoms with Gasteiger partial charge in [-0.3, -0.25) is 9.10 Å². The second-order valence-electron chi connectivity index (χ2n) is 6.07. The summed E-state index contributed by atoms with van der Waals surface area (Å²) in [6.45, 7) is 3.48. The number of hydrogen-bond donors (Lipinski definition) is 0. The number of nitrogens with zero attached hydrogens (tertiary/aromatic N) is 2. The second-order valence-corrected chi connectivity index (χ2v) is 7.98. The molecule has 3 rings (SSSR count). The molecule has 0 radical (unpaired) electrons. The lowest BCUT2D eigenvalue weighted by atomic mass is 9.74. The van der Waals surface area contributed by atoms with Gasteiger partial charge < -0.3 is 4.90 Å². The number of carbonyl (C=O) groups excluding carboxylic acids is 1. The van der Waals surface area contributed by atoms with Gasteiger partial charge in [0.1, 0.15) is 0 Å². The number of carbonyl (C=O) groups is 1. The van der Waals surface area contributed by atoms with Crippen LogP contribution in [0.3, 0.4) is 0 Å². The van der Waals surface area contributed by atoms with E-state index >= 15 is 0 Å². The van der Waals surface area contributed by atoms with Crippen LogP contribution in [-0.4, -0.2) is 45.1 Å². The van der Waals surface area contributed by atoms with E-state index in [0.29, 0.717) is 19.6 Å². The lowest BCUT2D eigenvalue weighted by Gasteiger charge is -2.39. The molecule has 0 N–H and O–H groups in total. The minimum atomic E-state index is -3.27. The first-order chi connectivity index (χ1) is 9.83. The summed E-state index contributed by atoms with van der Waals surface area (Å²) >= 11 is 0. The van der Waals surface area contributed by atoms with Crippen molar-refractivity contribution >= 4 is 21.6 Å². The minimum Gasteiger partial charge on any atom is -0.343 e. The number of sulfonamides is 1. The fourth-order valence-corrected chi connectivity index (χ4v) is 4.56. The first-order valence-electron chi connectivity index (χ1n) is 7.16.